The fraction of sp³-hybridized carbons (Fsp3) is 0.365. The maximum atomic E-state index is 13.7. The summed E-state index contributed by atoms with van der Waals surface area (Å²) in [5.41, 5.74) is 18.3. The monoisotopic (exact) mass is 1090 g/mol. The van der Waals surface area contributed by atoms with Gasteiger partial charge in [0, 0.05) is 23.0 Å². The molecule has 0 aliphatic carbocycles. The zero-order valence-electron chi connectivity index (χ0n) is 43.1. The molecule has 6 rings (SSSR count). The Balaban J connectivity index is 1.23. The maximum Gasteiger partial charge on any atom is 0.325 e. The third-order valence-electron chi connectivity index (χ3n) is 12.7. The Morgan fingerprint density at radius 3 is 0.861 bits per heavy atom. The van der Waals surface area contributed by atoms with Crippen LogP contribution < -0.4 is 66.2 Å². The molecule has 0 aliphatic heterocycles. The number of anilines is 3. The van der Waals surface area contributed by atoms with Crippen LogP contribution in [0.15, 0.2) is 87.2 Å². The molecule has 0 saturated carbocycles. The topological polar surface area (TPSA) is 459 Å². The van der Waals surface area contributed by atoms with E-state index in [1.54, 1.807) is 72.8 Å². The van der Waals surface area contributed by atoms with E-state index < -0.39 is 113 Å². The highest BCUT2D eigenvalue weighted by atomic mass is 16.3. The molecular formula is C52H67N15O12. The molecule has 3 atom stereocenters. The molecule has 6 aromatic rings. The van der Waals surface area contributed by atoms with Gasteiger partial charge < -0.3 is 79.4 Å². The summed E-state index contributed by atoms with van der Waals surface area (Å²) in [5, 5.41) is 46.5. The third kappa shape index (κ3) is 17.7. The molecular weight excluding hydrogens is 1030 g/mol. The summed E-state index contributed by atoms with van der Waals surface area (Å²) in [6, 6.07) is 17.9. The standard InChI is InChI=1S/C52H67N15O12/c53-22-4-1-7-34(59-40(68)25-37-47(74)65-50(77)62-37)44(71)56-31-16-10-28(11-17-31)43(29-12-18-32(19-13-29)57-45(72)35(8-2-5-23-54)60-41(69)26-38-48(75)66-51(78)63-38)30-14-20-33(21-15-30)58-46(73)36(9-3-6-24-55)61-42(70)27-39-49(76)67-52(79)64-39/h10-21,34-36,43,74-76H,1-9,22-27,53-55H2,(H,56,71)(H,57,72)(H,58,73)(H,59,68)(H,60,69)(H,61,70)(H2,62,65,77)(H2,63,66,78)(H2,64,67,79)/t34-,35-,36-/m0/s1. The van der Waals surface area contributed by atoms with E-state index in [1.165, 1.54) is 0 Å². The number of H-pyrrole nitrogens is 6. The highest BCUT2D eigenvalue weighted by molar-refractivity contribution is 5.99. The molecule has 0 saturated heterocycles. The first-order valence-electron chi connectivity index (χ1n) is 25.6. The average molecular weight is 1090 g/mol. The van der Waals surface area contributed by atoms with Crippen LogP contribution >= 0.6 is 0 Å². The summed E-state index contributed by atoms with van der Waals surface area (Å²) in [5.74, 6) is -5.39. The van der Waals surface area contributed by atoms with Crippen LogP contribution in [-0.4, -0.2) is 118 Å². The number of aromatic hydroxyl groups is 3. The number of unbranched alkanes of at least 4 members (excludes halogenated alkanes) is 3. The maximum absolute atomic E-state index is 13.7. The van der Waals surface area contributed by atoms with Crippen LogP contribution in [0.1, 0.15) is 97.5 Å². The Labute approximate surface area is 450 Å². The van der Waals surface area contributed by atoms with Gasteiger partial charge in [-0.25, -0.2) is 14.4 Å². The normalized spacial score (nSPS) is 12.3. The van der Waals surface area contributed by atoms with Gasteiger partial charge in [0.2, 0.25) is 53.1 Å². The van der Waals surface area contributed by atoms with Crippen molar-refractivity contribution < 1.29 is 44.1 Å². The minimum absolute atomic E-state index is 0.0407. The molecule has 27 nitrogen and oxygen atoms in total. The van der Waals surface area contributed by atoms with Crippen molar-refractivity contribution in [1.29, 1.82) is 0 Å². The number of amides is 6. The van der Waals surface area contributed by atoms with Crippen LogP contribution in [0.3, 0.4) is 0 Å². The minimum Gasteiger partial charge on any atom is -0.493 e. The summed E-state index contributed by atoms with van der Waals surface area (Å²) < 4.78 is 0. The summed E-state index contributed by atoms with van der Waals surface area (Å²) in [6.45, 7) is 1.10. The Morgan fingerprint density at radius 2 is 0.646 bits per heavy atom. The van der Waals surface area contributed by atoms with Gasteiger partial charge in [-0.05, 0) is 131 Å². The van der Waals surface area contributed by atoms with Crippen molar-refractivity contribution in [3.05, 3.63) is 138 Å². The zero-order chi connectivity index (χ0) is 57.0. The molecule has 0 unspecified atom stereocenters. The number of aromatic amines is 6. The van der Waals surface area contributed by atoms with Crippen molar-refractivity contribution in [3.63, 3.8) is 0 Å². The van der Waals surface area contributed by atoms with E-state index in [1.807, 2.05) is 0 Å². The van der Waals surface area contributed by atoms with Gasteiger partial charge in [-0.3, -0.25) is 43.7 Å². The minimum atomic E-state index is -0.996. The lowest BCUT2D eigenvalue weighted by molar-refractivity contribution is -0.126. The van der Waals surface area contributed by atoms with Gasteiger partial charge in [-0.15, -0.1) is 0 Å². The van der Waals surface area contributed by atoms with Crippen molar-refractivity contribution in [2.45, 2.75) is 101 Å². The third-order valence-corrected chi connectivity index (χ3v) is 12.7. The second-order valence-electron chi connectivity index (χ2n) is 18.7. The van der Waals surface area contributed by atoms with Crippen LogP contribution in [0.4, 0.5) is 17.1 Å². The van der Waals surface area contributed by atoms with E-state index in [-0.39, 0.29) is 36.3 Å². The second kappa shape index (κ2) is 28.8. The summed E-state index contributed by atoms with van der Waals surface area (Å²) in [6.07, 6.45) is 2.84. The first-order valence-corrected chi connectivity index (χ1v) is 25.6. The number of carbonyl (C=O) groups excluding carboxylic acids is 6. The van der Waals surface area contributed by atoms with E-state index in [2.05, 4.69) is 61.8 Å². The lowest BCUT2D eigenvalue weighted by atomic mass is 9.85. The van der Waals surface area contributed by atoms with E-state index in [4.69, 9.17) is 17.2 Å². The number of rotatable bonds is 30. The van der Waals surface area contributed by atoms with Gasteiger partial charge in [0.25, 0.3) is 0 Å². The van der Waals surface area contributed by atoms with E-state index in [9.17, 15) is 58.5 Å². The molecule has 79 heavy (non-hydrogen) atoms. The Bertz CT molecular complexity index is 2860. The van der Waals surface area contributed by atoms with Crippen LogP contribution in [-0.2, 0) is 48.0 Å². The van der Waals surface area contributed by atoms with Crippen molar-refractivity contribution >= 4 is 52.5 Å². The number of hydrogen-bond acceptors (Lipinski definition) is 15. The molecule has 3 heterocycles. The summed E-state index contributed by atoms with van der Waals surface area (Å²) in [4.78, 5) is 128. The summed E-state index contributed by atoms with van der Waals surface area (Å²) in [7, 11) is 0. The fourth-order valence-electron chi connectivity index (χ4n) is 8.66. The van der Waals surface area contributed by atoms with Crippen molar-refractivity contribution in [2.75, 3.05) is 35.6 Å². The molecule has 422 valence electrons. The number of aromatic nitrogens is 6. The average Bonchev–Trinajstić information content (AvgIpc) is 4.08. The predicted octanol–water partition coefficient (Wildman–Crippen LogP) is 0.418. The SMILES string of the molecule is NCCCC[C@H](NC(=O)Cc1[nH]c(=O)[nH]c1O)C(=O)Nc1ccc(C(c2ccc(NC(=O)[C@H](CCCCN)NC(=O)Cc3[nH]c(=O)[nH]c3O)cc2)c2ccc(NC(=O)[C@H](CCCCN)NC(=O)Cc3[nH]c(=O)[nH]c3O)cc2)cc1. The number of hydrogen-bond donors (Lipinski definition) is 18. The van der Waals surface area contributed by atoms with Crippen molar-refractivity contribution in [3.8, 4) is 17.6 Å². The van der Waals surface area contributed by atoms with Crippen LogP contribution in [0.2, 0.25) is 0 Å². The molecule has 21 N–H and O–H groups in total. The zero-order valence-corrected chi connectivity index (χ0v) is 43.1. The van der Waals surface area contributed by atoms with Gasteiger partial charge in [0.1, 0.15) is 18.1 Å². The molecule has 0 spiro atoms. The molecule has 0 fully saturated rings. The number of carbonyl (C=O) groups is 6. The molecule has 0 aliphatic rings. The first kappa shape index (κ1) is 59.0. The first-order chi connectivity index (χ1) is 37.9. The van der Waals surface area contributed by atoms with Gasteiger partial charge in [-0.1, -0.05) is 36.4 Å². The van der Waals surface area contributed by atoms with Gasteiger partial charge in [-0.2, -0.15) is 0 Å². The Hall–Kier alpha value is -9.21. The number of benzene rings is 3. The predicted molar refractivity (Wildman–Crippen MR) is 291 cm³/mol. The van der Waals surface area contributed by atoms with Crippen LogP contribution in [0.5, 0.6) is 17.6 Å². The van der Waals surface area contributed by atoms with Gasteiger partial charge >= 0.3 is 17.1 Å². The van der Waals surface area contributed by atoms with E-state index in [0.29, 0.717) is 75.2 Å². The second-order valence-corrected chi connectivity index (χ2v) is 18.7. The Kier molecular flexibility index (Phi) is 21.5. The van der Waals surface area contributed by atoms with Gasteiger partial charge in [0.15, 0.2) is 0 Å². The van der Waals surface area contributed by atoms with E-state index >= 15 is 0 Å². The summed E-state index contributed by atoms with van der Waals surface area (Å²) >= 11 is 0. The lowest BCUT2D eigenvalue weighted by Crippen LogP contribution is -2.44. The molecule has 0 radical (unpaired) electrons. The largest absolute Gasteiger partial charge is 0.493 e. The highest BCUT2D eigenvalue weighted by Gasteiger charge is 2.26. The smallest absolute Gasteiger partial charge is 0.325 e. The van der Waals surface area contributed by atoms with E-state index in [0.717, 1.165) is 16.7 Å². The van der Waals surface area contributed by atoms with Crippen LogP contribution in [0.25, 0.3) is 0 Å². The molecule has 0 bridgehead atoms. The van der Waals surface area contributed by atoms with Crippen molar-refractivity contribution in [2.24, 2.45) is 17.2 Å². The molecule has 3 aromatic carbocycles. The highest BCUT2D eigenvalue weighted by Crippen LogP contribution is 2.34. The van der Waals surface area contributed by atoms with Crippen molar-refractivity contribution in [1.82, 2.24) is 45.9 Å². The number of nitrogens with one attached hydrogen (secondary N) is 12. The fourth-order valence-corrected chi connectivity index (χ4v) is 8.66. The van der Waals surface area contributed by atoms with Crippen LogP contribution in [0, 0.1) is 0 Å². The number of nitrogens with two attached hydrogens (primary N) is 3. The number of imidazole rings is 3. The Morgan fingerprint density at radius 1 is 0.392 bits per heavy atom. The quantitative estimate of drug-likeness (QED) is 0.0215. The molecule has 6 amide bonds. The molecule has 27 heteroatoms. The molecule has 3 aromatic heterocycles. The van der Waals surface area contributed by atoms with Gasteiger partial charge in [0.05, 0.1) is 36.3 Å². The lowest BCUT2D eigenvalue weighted by Gasteiger charge is -2.22.